The molecule has 0 saturated carbocycles. The number of alkyl halides is 3. The van der Waals surface area contributed by atoms with Crippen molar-refractivity contribution in [1.82, 2.24) is 4.98 Å². The normalized spacial score (nSPS) is 12.7. The van der Waals surface area contributed by atoms with Gasteiger partial charge in [0.25, 0.3) is 0 Å². The fraction of sp³-hybridized carbons (Fsp3) is 0.360. The van der Waals surface area contributed by atoms with Crippen LogP contribution in [0.15, 0.2) is 48.5 Å². The van der Waals surface area contributed by atoms with Gasteiger partial charge in [0.15, 0.2) is 11.8 Å². The molecule has 0 fully saturated rings. The maximum atomic E-state index is 14.0. The quantitative estimate of drug-likeness (QED) is 0.407. The van der Waals surface area contributed by atoms with E-state index in [-0.39, 0.29) is 41.7 Å². The van der Waals surface area contributed by atoms with Crippen molar-refractivity contribution in [2.45, 2.75) is 52.2 Å². The van der Waals surface area contributed by atoms with Gasteiger partial charge in [-0.3, -0.25) is 0 Å². The summed E-state index contributed by atoms with van der Waals surface area (Å²) < 4.78 is 58.9. The number of carboxylic acid groups (broad SMARTS) is 1. The highest BCUT2D eigenvalue weighted by atomic mass is 19.4. The second-order valence-corrected chi connectivity index (χ2v) is 7.83. The third kappa shape index (κ3) is 5.96. The zero-order valence-corrected chi connectivity index (χ0v) is 19.1. The number of halogens is 3. The third-order valence-corrected chi connectivity index (χ3v) is 4.96. The summed E-state index contributed by atoms with van der Waals surface area (Å²) in [4.78, 5) is 15.4. The topological polar surface area (TPSA) is 77.9 Å². The zero-order valence-electron chi connectivity index (χ0n) is 19.1. The molecule has 9 heteroatoms. The van der Waals surface area contributed by atoms with Gasteiger partial charge in [-0.25, -0.2) is 9.78 Å². The lowest BCUT2D eigenvalue weighted by Gasteiger charge is -2.22. The molecule has 1 N–H and O–H groups in total. The molecule has 0 aliphatic rings. The molecule has 0 radical (unpaired) electrons. The second kappa shape index (κ2) is 10.7. The molecule has 3 aromatic rings. The number of fused-ring (bicyclic) bond motifs is 1. The van der Waals surface area contributed by atoms with E-state index in [9.17, 15) is 23.1 Å². The van der Waals surface area contributed by atoms with Crippen LogP contribution in [0.25, 0.3) is 10.9 Å². The molecule has 1 heterocycles. The number of aromatic nitrogens is 1. The van der Waals surface area contributed by atoms with Crippen LogP contribution in [0.2, 0.25) is 0 Å². The van der Waals surface area contributed by atoms with Gasteiger partial charge in [0.2, 0.25) is 0 Å². The Morgan fingerprint density at radius 2 is 1.76 bits per heavy atom. The average molecular weight is 477 g/mol. The van der Waals surface area contributed by atoms with E-state index in [1.165, 1.54) is 6.07 Å². The number of hydrogen-bond donors (Lipinski definition) is 1. The van der Waals surface area contributed by atoms with Crippen LogP contribution in [0.5, 0.6) is 11.5 Å². The molecule has 1 unspecified atom stereocenters. The van der Waals surface area contributed by atoms with Crippen LogP contribution in [0.3, 0.4) is 0 Å². The molecule has 0 bridgehead atoms. The fourth-order valence-corrected chi connectivity index (χ4v) is 3.54. The van der Waals surface area contributed by atoms with E-state index < -0.39 is 30.6 Å². The number of carbonyl (C=O) groups is 1. The number of benzene rings is 2. The molecule has 2 aromatic carbocycles. The highest BCUT2D eigenvalue weighted by molar-refractivity contribution is 5.87. The molecule has 0 saturated heterocycles. The molecule has 0 aliphatic carbocycles. The summed E-state index contributed by atoms with van der Waals surface area (Å²) in [5.74, 6) is -0.823. The molecule has 1 atom stereocenters. The Balaban J connectivity index is 2.04. The summed E-state index contributed by atoms with van der Waals surface area (Å²) in [5.41, 5.74) is -0.654. The van der Waals surface area contributed by atoms with E-state index in [2.05, 4.69) is 4.98 Å². The maximum absolute atomic E-state index is 14.0. The number of hydrogen-bond acceptors (Lipinski definition) is 5. The summed E-state index contributed by atoms with van der Waals surface area (Å²) in [6.45, 7) is 4.86. The number of rotatable bonds is 10. The molecule has 0 spiro atoms. The van der Waals surface area contributed by atoms with E-state index in [4.69, 9.17) is 14.2 Å². The Labute approximate surface area is 195 Å². The Hall–Kier alpha value is -3.33. The van der Waals surface area contributed by atoms with Gasteiger partial charge in [0.1, 0.15) is 18.1 Å². The highest BCUT2D eigenvalue weighted by Crippen LogP contribution is 2.40. The van der Waals surface area contributed by atoms with Crippen molar-refractivity contribution >= 4 is 16.9 Å². The van der Waals surface area contributed by atoms with Crippen LogP contribution in [-0.4, -0.2) is 34.9 Å². The van der Waals surface area contributed by atoms with Crippen LogP contribution in [0.4, 0.5) is 13.2 Å². The van der Waals surface area contributed by atoms with Crippen LogP contribution in [0.1, 0.15) is 37.6 Å². The molecular formula is C25H26F3NO5. The molecule has 3 rings (SSSR count). The highest BCUT2D eigenvalue weighted by Gasteiger charge is 2.38. The number of carboxylic acids is 1. The smallest absolute Gasteiger partial charge is 0.433 e. The lowest BCUT2D eigenvalue weighted by atomic mass is 10.1. The SMILES string of the molecule is CCOC(Cc1ccccc1OCc1c(C(F)(F)F)nc2ccccc2c1OC(C)C)C(=O)O. The Bertz CT molecular complexity index is 1150. The van der Waals surface area contributed by atoms with Crippen LogP contribution in [-0.2, 0) is 28.7 Å². The number of pyridine rings is 1. The zero-order chi connectivity index (χ0) is 24.9. The first kappa shape index (κ1) is 25.3. The van der Waals surface area contributed by atoms with Gasteiger partial charge < -0.3 is 19.3 Å². The fourth-order valence-electron chi connectivity index (χ4n) is 3.54. The molecular weight excluding hydrogens is 451 g/mol. The third-order valence-electron chi connectivity index (χ3n) is 4.96. The van der Waals surface area contributed by atoms with E-state index in [1.54, 1.807) is 63.2 Å². The maximum Gasteiger partial charge on any atom is 0.433 e. The van der Waals surface area contributed by atoms with Crippen molar-refractivity contribution in [3.63, 3.8) is 0 Å². The molecule has 0 amide bonds. The van der Waals surface area contributed by atoms with Crippen LogP contribution in [0, 0.1) is 0 Å². The second-order valence-electron chi connectivity index (χ2n) is 7.83. The van der Waals surface area contributed by atoms with Gasteiger partial charge >= 0.3 is 12.1 Å². The molecule has 6 nitrogen and oxygen atoms in total. The Kier molecular flexibility index (Phi) is 7.98. The lowest BCUT2D eigenvalue weighted by Crippen LogP contribution is -2.26. The minimum absolute atomic E-state index is 0.00318. The lowest BCUT2D eigenvalue weighted by molar-refractivity contribution is -0.150. The minimum atomic E-state index is -4.74. The standard InChI is InChI=1S/C25H26F3NO5/c1-4-32-21(24(30)31)13-16-9-5-8-12-20(16)33-14-18-22(34-15(2)3)17-10-6-7-11-19(17)29-23(18)25(26,27)28/h5-12,15,21H,4,13-14H2,1-3H3,(H,30,31). The van der Waals surface area contributed by atoms with Crippen molar-refractivity contribution in [3.05, 3.63) is 65.4 Å². The predicted octanol–water partition coefficient (Wildman–Crippen LogP) is 5.65. The van der Waals surface area contributed by atoms with Crippen molar-refractivity contribution in [1.29, 1.82) is 0 Å². The van der Waals surface area contributed by atoms with Gasteiger partial charge in [0, 0.05) is 18.4 Å². The average Bonchev–Trinajstić information content (AvgIpc) is 2.77. The number of aliphatic carboxylic acids is 1. The summed E-state index contributed by atoms with van der Waals surface area (Å²) in [6.07, 6.45) is -6.24. The van der Waals surface area contributed by atoms with Gasteiger partial charge in [0.05, 0.1) is 17.2 Å². The van der Waals surface area contributed by atoms with E-state index in [1.807, 2.05) is 0 Å². The molecule has 34 heavy (non-hydrogen) atoms. The van der Waals surface area contributed by atoms with E-state index >= 15 is 0 Å². The van der Waals surface area contributed by atoms with Crippen LogP contribution >= 0.6 is 0 Å². The molecule has 182 valence electrons. The largest absolute Gasteiger partial charge is 0.490 e. The predicted molar refractivity (Wildman–Crippen MR) is 120 cm³/mol. The molecule has 1 aromatic heterocycles. The number of ether oxygens (including phenoxy) is 3. The summed E-state index contributed by atoms with van der Waals surface area (Å²) >= 11 is 0. The first-order valence-corrected chi connectivity index (χ1v) is 10.8. The summed E-state index contributed by atoms with van der Waals surface area (Å²) in [7, 11) is 0. The van der Waals surface area contributed by atoms with E-state index in [0.29, 0.717) is 10.9 Å². The van der Waals surface area contributed by atoms with Gasteiger partial charge in [-0.15, -0.1) is 0 Å². The first-order chi connectivity index (χ1) is 16.1. The number of para-hydroxylation sites is 2. The Morgan fingerprint density at radius 3 is 2.41 bits per heavy atom. The van der Waals surface area contributed by atoms with Gasteiger partial charge in [-0.05, 0) is 44.5 Å². The van der Waals surface area contributed by atoms with Crippen molar-refractivity contribution < 1.29 is 37.3 Å². The summed E-state index contributed by atoms with van der Waals surface area (Å²) in [6, 6.07) is 13.0. The first-order valence-electron chi connectivity index (χ1n) is 10.8. The van der Waals surface area contributed by atoms with Crippen molar-refractivity contribution in [2.75, 3.05) is 6.61 Å². The Morgan fingerprint density at radius 1 is 1.09 bits per heavy atom. The van der Waals surface area contributed by atoms with Crippen molar-refractivity contribution in [2.24, 2.45) is 0 Å². The monoisotopic (exact) mass is 477 g/mol. The summed E-state index contributed by atoms with van der Waals surface area (Å²) in [5, 5.41) is 9.84. The number of nitrogens with zero attached hydrogens (tertiary/aromatic N) is 1. The van der Waals surface area contributed by atoms with Gasteiger partial charge in [-0.2, -0.15) is 13.2 Å². The van der Waals surface area contributed by atoms with Gasteiger partial charge in [-0.1, -0.05) is 30.3 Å². The van der Waals surface area contributed by atoms with Crippen LogP contribution < -0.4 is 9.47 Å². The van der Waals surface area contributed by atoms with Crippen molar-refractivity contribution in [3.8, 4) is 11.5 Å². The molecule has 0 aliphatic heterocycles. The minimum Gasteiger partial charge on any atom is -0.490 e. The van der Waals surface area contributed by atoms with E-state index in [0.717, 1.165) is 0 Å².